The van der Waals surface area contributed by atoms with E-state index in [1.165, 1.54) is 30.3 Å². The molecule has 0 radical (unpaired) electrons. The normalized spacial score (nSPS) is 11.0. The molecule has 2 N–H and O–H groups in total. The van der Waals surface area contributed by atoms with E-state index < -0.39 is 27.4 Å². The zero-order chi connectivity index (χ0) is 24.0. The lowest BCUT2D eigenvalue weighted by Crippen LogP contribution is -2.29. The summed E-state index contributed by atoms with van der Waals surface area (Å²) in [5.41, 5.74) is 1.13. The second-order valence-corrected chi connectivity index (χ2v) is 8.59. The van der Waals surface area contributed by atoms with Crippen molar-refractivity contribution in [2.45, 2.75) is 25.3 Å². The van der Waals surface area contributed by atoms with Crippen molar-refractivity contribution in [1.82, 2.24) is 14.5 Å². The summed E-state index contributed by atoms with van der Waals surface area (Å²) >= 11 is 0. The predicted molar refractivity (Wildman–Crippen MR) is 121 cm³/mol. The average molecular weight is 471 g/mol. The Bertz CT molecular complexity index is 1320. The molecule has 0 unspecified atom stereocenters. The molecule has 0 fully saturated rings. The molecule has 0 saturated carbocycles. The molecular formula is C22H22N4O6S. The van der Waals surface area contributed by atoms with Crippen molar-refractivity contribution in [2.75, 3.05) is 11.9 Å². The van der Waals surface area contributed by atoms with E-state index in [9.17, 15) is 22.8 Å². The number of aromatic nitrogens is 2. The third-order valence-electron chi connectivity index (χ3n) is 4.35. The Morgan fingerprint density at radius 2 is 1.67 bits per heavy atom. The van der Waals surface area contributed by atoms with Crippen molar-refractivity contribution in [1.29, 1.82) is 0 Å². The molecule has 0 aliphatic heterocycles. The zero-order valence-electron chi connectivity index (χ0n) is 17.9. The van der Waals surface area contributed by atoms with Crippen LogP contribution in [0.25, 0.3) is 11.3 Å². The smallest absolute Gasteiger partial charge is 0.267 e. The highest BCUT2D eigenvalue weighted by Crippen LogP contribution is 2.20. The van der Waals surface area contributed by atoms with Crippen LogP contribution in [0.4, 0.5) is 5.69 Å². The standard InChI is InChI=1S/C22H22N4O6S/c1-3-32-18-8-4-16(5-9-18)20-12-13-22(29)26(24-20)14-21(28)23-17-6-10-19(11-7-17)33(30,31)25-15(2)27/h4-13H,3,14H2,1-2H3,(H,23,28)(H,25,27). The van der Waals surface area contributed by atoms with E-state index in [2.05, 4.69) is 10.4 Å². The minimum absolute atomic E-state index is 0.128. The number of carbonyl (C=O) groups excluding carboxylic acids is 2. The highest BCUT2D eigenvalue weighted by atomic mass is 32.2. The Morgan fingerprint density at radius 3 is 2.27 bits per heavy atom. The predicted octanol–water partition coefficient (Wildman–Crippen LogP) is 1.77. The van der Waals surface area contributed by atoms with Crippen LogP contribution < -0.4 is 20.3 Å². The van der Waals surface area contributed by atoms with Crippen LogP contribution >= 0.6 is 0 Å². The molecule has 10 nitrogen and oxygen atoms in total. The summed E-state index contributed by atoms with van der Waals surface area (Å²) in [7, 11) is -3.97. The first kappa shape index (κ1) is 23.7. The van der Waals surface area contributed by atoms with Gasteiger partial charge in [0.1, 0.15) is 12.3 Å². The maximum atomic E-state index is 12.4. The Hall–Kier alpha value is -3.99. The summed E-state index contributed by atoms with van der Waals surface area (Å²) in [5, 5.41) is 6.84. The Kier molecular flexibility index (Phi) is 7.23. The van der Waals surface area contributed by atoms with Crippen LogP contribution in [0, 0.1) is 0 Å². The Labute approximate surface area is 190 Å². The summed E-state index contributed by atoms with van der Waals surface area (Å²) in [4.78, 5) is 35.5. The molecule has 1 heterocycles. The van der Waals surface area contributed by atoms with Gasteiger partial charge in [-0.3, -0.25) is 14.4 Å². The van der Waals surface area contributed by atoms with Gasteiger partial charge in [0, 0.05) is 24.2 Å². The highest BCUT2D eigenvalue weighted by Gasteiger charge is 2.15. The van der Waals surface area contributed by atoms with E-state index in [0.29, 0.717) is 23.7 Å². The third-order valence-corrected chi connectivity index (χ3v) is 5.80. The largest absolute Gasteiger partial charge is 0.494 e. The van der Waals surface area contributed by atoms with Gasteiger partial charge in [-0.2, -0.15) is 5.10 Å². The van der Waals surface area contributed by atoms with Gasteiger partial charge in [0.05, 0.1) is 17.2 Å². The van der Waals surface area contributed by atoms with Gasteiger partial charge >= 0.3 is 0 Å². The molecule has 11 heteroatoms. The summed E-state index contributed by atoms with van der Waals surface area (Å²) in [6, 6.07) is 15.3. The molecule has 0 aliphatic rings. The summed E-state index contributed by atoms with van der Waals surface area (Å²) in [5.74, 6) is -0.520. The number of nitrogens with zero attached hydrogens (tertiary/aromatic N) is 2. The average Bonchev–Trinajstić information content (AvgIpc) is 2.75. The maximum Gasteiger partial charge on any atom is 0.267 e. The SMILES string of the molecule is CCOc1ccc(-c2ccc(=O)n(CC(=O)Nc3ccc(S(=O)(=O)NC(C)=O)cc3)n2)cc1. The number of hydrogen-bond donors (Lipinski definition) is 2. The van der Waals surface area contributed by atoms with Crippen molar-refractivity contribution >= 4 is 27.5 Å². The quantitative estimate of drug-likeness (QED) is 0.512. The molecule has 2 aromatic carbocycles. The first-order chi connectivity index (χ1) is 15.7. The molecule has 0 atom stereocenters. The highest BCUT2D eigenvalue weighted by molar-refractivity contribution is 7.90. The van der Waals surface area contributed by atoms with Crippen molar-refractivity contribution in [2.24, 2.45) is 0 Å². The number of sulfonamides is 1. The Morgan fingerprint density at radius 1 is 1.00 bits per heavy atom. The molecule has 0 bridgehead atoms. The minimum Gasteiger partial charge on any atom is -0.494 e. The second kappa shape index (κ2) is 10.1. The van der Waals surface area contributed by atoms with Gasteiger partial charge in [0.25, 0.3) is 15.6 Å². The van der Waals surface area contributed by atoms with E-state index in [1.807, 2.05) is 11.6 Å². The maximum absolute atomic E-state index is 12.4. The summed E-state index contributed by atoms with van der Waals surface area (Å²) < 4.78 is 32.3. The monoisotopic (exact) mass is 470 g/mol. The minimum atomic E-state index is -3.97. The van der Waals surface area contributed by atoms with Crippen LogP contribution in [0.3, 0.4) is 0 Å². The molecule has 3 rings (SSSR count). The molecule has 172 valence electrons. The number of anilines is 1. The third kappa shape index (κ3) is 6.26. The van der Waals surface area contributed by atoms with Crippen LogP contribution in [0.5, 0.6) is 5.75 Å². The second-order valence-electron chi connectivity index (χ2n) is 6.91. The number of hydrogen-bond acceptors (Lipinski definition) is 7. The van der Waals surface area contributed by atoms with Crippen molar-refractivity contribution in [3.8, 4) is 17.0 Å². The fourth-order valence-corrected chi connectivity index (χ4v) is 3.90. The summed E-state index contributed by atoms with van der Waals surface area (Å²) in [6.45, 7) is 3.19. The number of rotatable bonds is 8. The van der Waals surface area contributed by atoms with Crippen LogP contribution in [0.2, 0.25) is 0 Å². The van der Waals surface area contributed by atoms with E-state index in [-0.39, 0.29) is 11.4 Å². The lowest BCUT2D eigenvalue weighted by atomic mass is 10.1. The molecule has 33 heavy (non-hydrogen) atoms. The van der Waals surface area contributed by atoms with Crippen LogP contribution in [0.15, 0.2) is 70.4 Å². The molecule has 0 spiro atoms. The molecule has 0 aliphatic carbocycles. The lowest BCUT2D eigenvalue weighted by molar-refractivity contribution is -0.118. The molecule has 2 amide bonds. The molecule has 3 aromatic rings. The van der Waals surface area contributed by atoms with Gasteiger partial charge in [-0.05, 0) is 61.5 Å². The first-order valence-electron chi connectivity index (χ1n) is 9.92. The van der Waals surface area contributed by atoms with Gasteiger partial charge in [-0.15, -0.1) is 0 Å². The van der Waals surface area contributed by atoms with Gasteiger partial charge in [-0.1, -0.05) is 0 Å². The van der Waals surface area contributed by atoms with Crippen LogP contribution in [-0.2, 0) is 26.2 Å². The van der Waals surface area contributed by atoms with Crippen molar-refractivity contribution in [3.05, 3.63) is 71.0 Å². The molecule has 1 aromatic heterocycles. The van der Waals surface area contributed by atoms with Crippen molar-refractivity contribution < 1.29 is 22.7 Å². The van der Waals surface area contributed by atoms with Crippen LogP contribution in [-0.4, -0.2) is 36.6 Å². The van der Waals surface area contributed by atoms with Crippen LogP contribution in [0.1, 0.15) is 13.8 Å². The lowest BCUT2D eigenvalue weighted by Gasteiger charge is -2.10. The molecule has 0 saturated heterocycles. The molecular weight excluding hydrogens is 448 g/mol. The van der Waals surface area contributed by atoms with E-state index in [1.54, 1.807) is 30.3 Å². The van der Waals surface area contributed by atoms with Gasteiger partial charge in [0.15, 0.2) is 0 Å². The number of carbonyl (C=O) groups is 2. The van der Waals surface area contributed by atoms with Gasteiger partial charge in [0.2, 0.25) is 11.8 Å². The Balaban J connectivity index is 1.71. The first-order valence-corrected chi connectivity index (χ1v) is 11.4. The number of amides is 2. The number of benzene rings is 2. The fraction of sp³-hybridized carbons (Fsp3) is 0.182. The zero-order valence-corrected chi connectivity index (χ0v) is 18.8. The van der Waals surface area contributed by atoms with E-state index >= 15 is 0 Å². The number of ether oxygens (including phenoxy) is 1. The van der Waals surface area contributed by atoms with Gasteiger partial charge in [-0.25, -0.2) is 17.8 Å². The van der Waals surface area contributed by atoms with Crippen molar-refractivity contribution in [3.63, 3.8) is 0 Å². The summed E-state index contributed by atoms with van der Waals surface area (Å²) in [6.07, 6.45) is 0. The fourth-order valence-electron chi connectivity index (χ4n) is 2.91. The van der Waals surface area contributed by atoms with Gasteiger partial charge < -0.3 is 10.1 Å². The number of nitrogens with one attached hydrogen (secondary N) is 2. The van der Waals surface area contributed by atoms with E-state index in [4.69, 9.17) is 4.74 Å². The topological polar surface area (TPSA) is 136 Å². The van der Waals surface area contributed by atoms with E-state index in [0.717, 1.165) is 17.2 Å².